The highest BCUT2D eigenvalue weighted by Gasteiger charge is 2.41. The van der Waals surface area contributed by atoms with E-state index in [0.29, 0.717) is 11.1 Å². The summed E-state index contributed by atoms with van der Waals surface area (Å²) in [6.07, 6.45) is 3.76. The van der Waals surface area contributed by atoms with Crippen LogP contribution < -0.4 is 5.43 Å². The molecule has 0 spiro atoms. The minimum Gasteiger partial charge on any atom is -0.372 e. The summed E-state index contributed by atoms with van der Waals surface area (Å²) >= 11 is 0. The van der Waals surface area contributed by atoms with Crippen molar-refractivity contribution in [1.29, 1.82) is 0 Å². The fourth-order valence-corrected chi connectivity index (χ4v) is 4.08. The average molecular weight is 477 g/mol. The Labute approximate surface area is 211 Å². The lowest BCUT2D eigenvalue weighted by molar-refractivity contribution is -0.150. The molecule has 1 atom stereocenters. The van der Waals surface area contributed by atoms with Crippen molar-refractivity contribution in [2.24, 2.45) is 0 Å². The molecule has 4 rings (SSSR count). The maximum absolute atomic E-state index is 13.8. The van der Waals surface area contributed by atoms with E-state index in [4.69, 9.17) is 0 Å². The number of hydrazine groups is 1. The van der Waals surface area contributed by atoms with Gasteiger partial charge < -0.3 is 5.11 Å². The maximum atomic E-state index is 13.8. The number of nitrogens with one attached hydrogen (secondary N) is 1. The molecule has 0 aliphatic heterocycles. The second-order valence-electron chi connectivity index (χ2n) is 8.40. The van der Waals surface area contributed by atoms with Gasteiger partial charge in [0.05, 0.1) is 6.04 Å². The minimum atomic E-state index is -2.01. The van der Waals surface area contributed by atoms with Gasteiger partial charge in [0.25, 0.3) is 5.91 Å². The van der Waals surface area contributed by atoms with E-state index < -0.39 is 17.6 Å². The molecule has 0 radical (unpaired) electrons. The van der Waals surface area contributed by atoms with Gasteiger partial charge in [0.15, 0.2) is 5.60 Å². The summed E-state index contributed by atoms with van der Waals surface area (Å²) in [4.78, 5) is 26.7. The molecule has 0 bridgehead atoms. The van der Waals surface area contributed by atoms with Crippen LogP contribution in [0.2, 0.25) is 0 Å². The Morgan fingerprint density at radius 2 is 1.19 bits per heavy atom. The third-order valence-electron chi connectivity index (χ3n) is 5.96. The van der Waals surface area contributed by atoms with Gasteiger partial charge in [-0.05, 0) is 22.3 Å². The van der Waals surface area contributed by atoms with Gasteiger partial charge in [0.2, 0.25) is 5.91 Å². The maximum Gasteiger partial charge on any atom is 0.279 e. The molecule has 5 nitrogen and oxygen atoms in total. The lowest BCUT2D eigenvalue weighted by atomic mass is 9.85. The number of carbonyl (C=O) groups excluding carboxylic acids is 2. The molecular weight excluding hydrogens is 448 g/mol. The molecular formula is C31H28N2O3. The summed E-state index contributed by atoms with van der Waals surface area (Å²) in [5, 5.41) is 13.1. The van der Waals surface area contributed by atoms with Gasteiger partial charge in [0.1, 0.15) is 0 Å². The Bertz CT molecular complexity index is 1270. The molecule has 0 heterocycles. The lowest BCUT2D eigenvalue weighted by Gasteiger charge is -2.34. The molecule has 2 N–H and O–H groups in total. The summed E-state index contributed by atoms with van der Waals surface area (Å²) in [7, 11) is 0. The van der Waals surface area contributed by atoms with Crippen LogP contribution in [-0.4, -0.2) is 21.9 Å². The first-order chi connectivity index (χ1) is 17.5. The zero-order valence-corrected chi connectivity index (χ0v) is 20.0. The van der Waals surface area contributed by atoms with E-state index in [-0.39, 0.29) is 5.91 Å². The van der Waals surface area contributed by atoms with Gasteiger partial charge >= 0.3 is 0 Å². The van der Waals surface area contributed by atoms with Crippen molar-refractivity contribution in [3.8, 4) is 0 Å². The fourth-order valence-electron chi connectivity index (χ4n) is 4.08. The van der Waals surface area contributed by atoms with E-state index in [1.807, 2.05) is 84.9 Å². The van der Waals surface area contributed by atoms with Crippen LogP contribution in [0.1, 0.15) is 35.2 Å². The Morgan fingerprint density at radius 1 is 0.750 bits per heavy atom. The van der Waals surface area contributed by atoms with Gasteiger partial charge in [-0.25, -0.2) is 5.01 Å². The first-order valence-corrected chi connectivity index (χ1v) is 11.7. The lowest BCUT2D eigenvalue weighted by Crippen LogP contribution is -2.54. The number of amides is 2. The number of carbonyl (C=O) groups is 2. The molecule has 0 saturated heterocycles. The van der Waals surface area contributed by atoms with Crippen molar-refractivity contribution in [3.05, 3.63) is 150 Å². The van der Waals surface area contributed by atoms with E-state index in [1.54, 1.807) is 48.5 Å². The van der Waals surface area contributed by atoms with Crippen molar-refractivity contribution >= 4 is 17.9 Å². The van der Waals surface area contributed by atoms with Crippen LogP contribution in [-0.2, 0) is 15.2 Å². The summed E-state index contributed by atoms with van der Waals surface area (Å²) in [5.41, 5.74) is 3.28. The van der Waals surface area contributed by atoms with E-state index in [9.17, 15) is 14.7 Å². The molecule has 36 heavy (non-hydrogen) atoms. The Kier molecular flexibility index (Phi) is 7.73. The SMILES string of the molecule is CC(=O)N(NC(=O)C(O)(c1ccccc1)c1ccccc1)C(C=Cc1ccccc1)c1ccccc1. The number of nitrogens with zero attached hydrogens (tertiary/aromatic N) is 1. The number of aliphatic hydroxyl groups is 1. The van der Waals surface area contributed by atoms with Crippen molar-refractivity contribution in [2.75, 3.05) is 0 Å². The summed E-state index contributed by atoms with van der Waals surface area (Å²) in [6.45, 7) is 1.39. The zero-order valence-electron chi connectivity index (χ0n) is 20.0. The van der Waals surface area contributed by atoms with E-state index in [1.165, 1.54) is 11.9 Å². The first kappa shape index (κ1) is 24.6. The Hall–Kier alpha value is -4.48. The largest absolute Gasteiger partial charge is 0.372 e. The van der Waals surface area contributed by atoms with Gasteiger partial charge in [-0.1, -0.05) is 133 Å². The summed E-state index contributed by atoms with van der Waals surface area (Å²) in [5.74, 6) is -1.11. The standard InChI is InChI=1S/C31H28N2O3/c1-24(34)33(29(26-16-8-3-9-17-26)23-22-25-14-6-2-7-15-25)32-30(35)31(36,27-18-10-4-11-19-27)28-20-12-5-13-21-28/h2-23,29,36H,1H3,(H,32,35). The molecule has 0 aliphatic rings. The Morgan fingerprint density at radius 3 is 1.67 bits per heavy atom. The van der Waals surface area contributed by atoms with Crippen molar-refractivity contribution in [2.45, 2.75) is 18.6 Å². The first-order valence-electron chi connectivity index (χ1n) is 11.7. The van der Waals surface area contributed by atoms with Crippen LogP contribution in [0.3, 0.4) is 0 Å². The van der Waals surface area contributed by atoms with Crippen LogP contribution in [0.25, 0.3) is 6.08 Å². The molecule has 2 amide bonds. The van der Waals surface area contributed by atoms with Crippen LogP contribution >= 0.6 is 0 Å². The predicted molar refractivity (Wildman–Crippen MR) is 141 cm³/mol. The number of hydrogen-bond acceptors (Lipinski definition) is 3. The second-order valence-corrected chi connectivity index (χ2v) is 8.40. The van der Waals surface area contributed by atoms with Gasteiger partial charge in [-0.3, -0.25) is 15.0 Å². The van der Waals surface area contributed by atoms with Gasteiger partial charge in [-0.2, -0.15) is 0 Å². The molecule has 5 heteroatoms. The topological polar surface area (TPSA) is 69.6 Å². The summed E-state index contributed by atoms with van der Waals surface area (Å²) < 4.78 is 0. The summed E-state index contributed by atoms with van der Waals surface area (Å²) in [6, 6.07) is 36.0. The average Bonchev–Trinajstić information content (AvgIpc) is 2.94. The number of rotatable bonds is 7. The third kappa shape index (κ3) is 5.43. The molecule has 4 aromatic carbocycles. The minimum absolute atomic E-state index is 0.376. The van der Waals surface area contributed by atoms with Crippen LogP contribution in [0.15, 0.2) is 127 Å². The normalized spacial score (nSPS) is 12.2. The van der Waals surface area contributed by atoms with E-state index in [0.717, 1.165) is 11.1 Å². The predicted octanol–water partition coefficient (Wildman–Crippen LogP) is 5.26. The highest BCUT2D eigenvalue weighted by atomic mass is 16.3. The van der Waals surface area contributed by atoms with Crippen LogP contribution in [0.4, 0.5) is 0 Å². The molecule has 0 fully saturated rings. The highest BCUT2D eigenvalue weighted by Crippen LogP contribution is 2.31. The van der Waals surface area contributed by atoms with Crippen molar-refractivity contribution in [3.63, 3.8) is 0 Å². The number of hydrogen-bond donors (Lipinski definition) is 2. The molecule has 1 unspecified atom stereocenters. The Balaban J connectivity index is 1.74. The number of benzene rings is 4. The molecule has 0 aliphatic carbocycles. The van der Waals surface area contributed by atoms with Crippen molar-refractivity contribution < 1.29 is 14.7 Å². The van der Waals surface area contributed by atoms with E-state index >= 15 is 0 Å². The smallest absolute Gasteiger partial charge is 0.279 e. The molecule has 0 saturated carbocycles. The van der Waals surface area contributed by atoms with Gasteiger partial charge in [-0.15, -0.1) is 0 Å². The quantitative estimate of drug-likeness (QED) is 0.358. The fraction of sp³-hybridized carbons (Fsp3) is 0.0968. The van der Waals surface area contributed by atoms with Crippen LogP contribution in [0.5, 0.6) is 0 Å². The monoisotopic (exact) mass is 476 g/mol. The van der Waals surface area contributed by atoms with Crippen molar-refractivity contribution in [1.82, 2.24) is 10.4 Å². The second kappa shape index (κ2) is 11.3. The molecule has 180 valence electrons. The zero-order chi connectivity index (χ0) is 25.4. The van der Waals surface area contributed by atoms with E-state index in [2.05, 4.69) is 5.43 Å². The van der Waals surface area contributed by atoms with Crippen LogP contribution in [0, 0.1) is 0 Å². The molecule has 4 aromatic rings. The third-order valence-corrected chi connectivity index (χ3v) is 5.96. The molecule has 0 aromatic heterocycles. The highest BCUT2D eigenvalue weighted by molar-refractivity contribution is 5.91. The van der Waals surface area contributed by atoms with Gasteiger partial charge in [0, 0.05) is 6.92 Å².